The van der Waals surface area contributed by atoms with Gasteiger partial charge in [0.25, 0.3) is 5.91 Å². The molecule has 3 N–H and O–H groups in total. The van der Waals surface area contributed by atoms with Crippen LogP contribution >= 0.6 is 43.5 Å². The highest BCUT2D eigenvalue weighted by molar-refractivity contribution is 9.11. The molecule has 0 aliphatic carbocycles. The van der Waals surface area contributed by atoms with Crippen LogP contribution in [0, 0.1) is 0 Å². The van der Waals surface area contributed by atoms with Crippen LogP contribution in [0.2, 0.25) is 5.02 Å². The lowest BCUT2D eigenvalue weighted by Gasteiger charge is -2.09. The first-order valence-corrected chi connectivity index (χ1v) is 7.12. The van der Waals surface area contributed by atoms with E-state index >= 15 is 0 Å². The van der Waals surface area contributed by atoms with Gasteiger partial charge >= 0.3 is 0 Å². The predicted molar refractivity (Wildman–Crippen MR) is 83.5 cm³/mol. The summed E-state index contributed by atoms with van der Waals surface area (Å²) in [5, 5.41) is 3.24. The number of nitrogens with one attached hydrogen (secondary N) is 1. The van der Waals surface area contributed by atoms with E-state index in [4.69, 9.17) is 17.3 Å². The second-order valence-electron chi connectivity index (χ2n) is 3.64. The van der Waals surface area contributed by atoms with Crippen molar-refractivity contribution in [2.75, 3.05) is 11.1 Å². The van der Waals surface area contributed by atoms with Crippen LogP contribution in [0.3, 0.4) is 0 Å². The van der Waals surface area contributed by atoms with Gasteiger partial charge in [0, 0.05) is 10.7 Å². The highest BCUT2D eigenvalue weighted by atomic mass is 79.9. The number of nitrogen functional groups attached to an aromatic ring is 1. The summed E-state index contributed by atoms with van der Waals surface area (Å²) in [7, 11) is 0. The van der Waals surface area contributed by atoms with E-state index in [1.165, 1.54) is 6.20 Å². The molecule has 0 saturated heterocycles. The summed E-state index contributed by atoms with van der Waals surface area (Å²) in [4.78, 5) is 16.0. The van der Waals surface area contributed by atoms with Crippen molar-refractivity contribution in [2.45, 2.75) is 0 Å². The maximum Gasteiger partial charge on any atom is 0.259 e. The van der Waals surface area contributed by atoms with Crippen LogP contribution < -0.4 is 11.1 Å². The number of amides is 1. The van der Waals surface area contributed by atoms with Crippen molar-refractivity contribution < 1.29 is 4.79 Å². The first-order chi connectivity index (χ1) is 8.99. The zero-order chi connectivity index (χ0) is 14.0. The monoisotopic (exact) mass is 403 g/mol. The summed E-state index contributed by atoms with van der Waals surface area (Å²) in [5.41, 5.74) is 6.54. The van der Waals surface area contributed by atoms with Gasteiger partial charge in [-0.2, -0.15) is 0 Å². The Kier molecular flexibility index (Phi) is 4.44. The molecule has 1 aromatic heterocycles. The number of halogens is 3. The Morgan fingerprint density at radius 2 is 2.11 bits per heavy atom. The fraction of sp³-hybridized carbons (Fsp3) is 0. The minimum atomic E-state index is -0.353. The molecule has 0 fully saturated rings. The number of pyridine rings is 1. The number of hydrogen-bond donors (Lipinski definition) is 2. The molecule has 0 unspecified atom stereocenters. The smallest absolute Gasteiger partial charge is 0.259 e. The standard InChI is InChI=1S/C12H8Br2ClN3O/c13-6-4-7(11(16)17-5-6)12(19)18-9-3-1-2-8(15)10(9)14/h1-5H,(H2,16,17)(H,18,19). The van der Waals surface area contributed by atoms with E-state index in [1.807, 2.05) is 0 Å². The van der Waals surface area contributed by atoms with E-state index < -0.39 is 0 Å². The van der Waals surface area contributed by atoms with Crippen LogP contribution in [0.25, 0.3) is 0 Å². The fourth-order valence-corrected chi connectivity index (χ4v) is 2.29. The average molecular weight is 405 g/mol. The fourth-order valence-electron chi connectivity index (χ4n) is 1.42. The van der Waals surface area contributed by atoms with Crippen molar-refractivity contribution in [1.29, 1.82) is 0 Å². The Morgan fingerprint density at radius 3 is 2.84 bits per heavy atom. The highest BCUT2D eigenvalue weighted by Crippen LogP contribution is 2.30. The zero-order valence-electron chi connectivity index (χ0n) is 9.45. The number of benzene rings is 1. The molecular formula is C12H8Br2ClN3O. The summed E-state index contributed by atoms with van der Waals surface area (Å²) in [6.45, 7) is 0. The molecule has 7 heteroatoms. The van der Waals surface area contributed by atoms with E-state index in [1.54, 1.807) is 24.3 Å². The van der Waals surface area contributed by atoms with Gasteiger partial charge in [-0.05, 0) is 50.1 Å². The van der Waals surface area contributed by atoms with Crippen molar-refractivity contribution in [3.05, 3.63) is 50.0 Å². The second-order valence-corrected chi connectivity index (χ2v) is 5.76. The van der Waals surface area contributed by atoms with Crippen LogP contribution in [0.1, 0.15) is 10.4 Å². The molecular weight excluding hydrogens is 397 g/mol. The molecule has 0 bridgehead atoms. The van der Waals surface area contributed by atoms with Crippen LogP contribution in [0.5, 0.6) is 0 Å². The van der Waals surface area contributed by atoms with Gasteiger partial charge in [-0.1, -0.05) is 17.7 Å². The van der Waals surface area contributed by atoms with Gasteiger partial charge in [0.2, 0.25) is 0 Å². The molecule has 0 atom stereocenters. The SMILES string of the molecule is Nc1ncc(Br)cc1C(=O)Nc1cccc(Cl)c1Br. The Balaban J connectivity index is 2.31. The number of nitrogens with two attached hydrogens (primary N) is 1. The lowest BCUT2D eigenvalue weighted by Crippen LogP contribution is -2.15. The molecule has 0 aliphatic rings. The molecule has 19 heavy (non-hydrogen) atoms. The van der Waals surface area contributed by atoms with Crippen LogP contribution in [0.4, 0.5) is 11.5 Å². The molecule has 0 radical (unpaired) electrons. The number of hydrogen-bond acceptors (Lipinski definition) is 3. The van der Waals surface area contributed by atoms with Gasteiger partial charge in [0.05, 0.1) is 20.7 Å². The molecule has 2 aromatic rings. The highest BCUT2D eigenvalue weighted by Gasteiger charge is 2.13. The topological polar surface area (TPSA) is 68.0 Å². The van der Waals surface area contributed by atoms with Crippen molar-refractivity contribution in [2.24, 2.45) is 0 Å². The molecule has 0 aliphatic heterocycles. The van der Waals surface area contributed by atoms with E-state index in [2.05, 4.69) is 42.2 Å². The molecule has 4 nitrogen and oxygen atoms in total. The van der Waals surface area contributed by atoms with E-state index in [0.717, 1.165) is 0 Å². The number of carbonyl (C=O) groups is 1. The molecule has 1 heterocycles. The van der Waals surface area contributed by atoms with E-state index in [9.17, 15) is 4.79 Å². The third-order valence-corrected chi connectivity index (χ3v) is 4.16. The number of nitrogens with zero attached hydrogens (tertiary/aromatic N) is 1. The van der Waals surface area contributed by atoms with Crippen LogP contribution in [-0.4, -0.2) is 10.9 Å². The van der Waals surface area contributed by atoms with Gasteiger partial charge in [-0.25, -0.2) is 4.98 Å². The maximum absolute atomic E-state index is 12.1. The maximum atomic E-state index is 12.1. The normalized spacial score (nSPS) is 10.3. The number of carbonyl (C=O) groups excluding carboxylic acids is 1. The summed E-state index contributed by atoms with van der Waals surface area (Å²) in [6, 6.07) is 6.80. The zero-order valence-corrected chi connectivity index (χ0v) is 13.4. The Labute approximate surface area is 131 Å². The van der Waals surface area contributed by atoms with Gasteiger partial charge in [0.15, 0.2) is 0 Å². The Bertz CT molecular complexity index is 649. The third-order valence-electron chi connectivity index (χ3n) is 2.33. The first kappa shape index (κ1) is 14.3. The molecule has 1 aromatic carbocycles. The van der Waals surface area contributed by atoms with Crippen molar-refractivity contribution in [3.63, 3.8) is 0 Å². The molecule has 1 amide bonds. The molecule has 0 saturated carbocycles. The van der Waals surface area contributed by atoms with Gasteiger partial charge < -0.3 is 11.1 Å². The molecule has 98 valence electrons. The van der Waals surface area contributed by atoms with Crippen LogP contribution in [-0.2, 0) is 0 Å². The lowest BCUT2D eigenvalue weighted by molar-refractivity contribution is 0.102. The minimum Gasteiger partial charge on any atom is -0.383 e. The van der Waals surface area contributed by atoms with Crippen molar-refractivity contribution in [1.82, 2.24) is 4.98 Å². The van der Waals surface area contributed by atoms with E-state index in [-0.39, 0.29) is 11.7 Å². The molecule has 2 rings (SSSR count). The van der Waals surface area contributed by atoms with Gasteiger partial charge in [-0.15, -0.1) is 0 Å². The largest absolute Gasteiger partial charge is 0.383 e. The first-order valence-electron chi connectivity index (χ1n) is 5.15. The lowest BCUT2D eigenvalue weighted by atomic mass is 10.2. The van der Waals surface area contributed by atoms with Crippen LogP contribution in [0.15, 0.2) is 39.4 Å². The number of aromatic nitrogens is 1. The minimum absolute atomic E-state index is 0.166. The Morgan fingerprint density at radius 1 is 1.37 bits per heavy atom. The molecule has 0 spiro atoms. The Hall–Kier alpha value is -1.11. The van der Waals surface area contributed by atoms with Crippen molar-refractivity contribution in [3.8, 4) is 0 Å². The summed E-state index contributed by atoms with van der Waals surface area (Å²) < 4.78 is 1.29. The van der Waals surface area contributed by atoms with Crippen molar-refractivity contribution >= 4 is 60.9 Å². The van der Waals surface area contributed by atoms with Gasteiger partial charge in [-0.3, -0.25) is 4.79 Å². The third kappa shape index (κ3) is 3.26. The number of rotatable bonds is 2. The average Bonchev–Trinajstić information content (AvgIpc) is 2.38. The summed E-state index contributed by atoms with van der Waals surface area (Å²) in [6.07, 6.45) is 1.53. The van der Waals surface area contributed by atoms with E-state index in [0.29, 0.717) is 25.2 Å². The summed E-state index contributed by atoms with van der Waals surface area (Å²) in [5.74, 6) is -0.187. The quantitative estimate of drug-likeness (QED) is 0.791. The second kappa shape index (κ2) is 5.90. The summed E-state index contributed by atoms with van der Waals surface area (Å²) >= 11 is 12.5. The number of anilines is 2. The predicted octanol–water partition coefficient (Wildman–Crippen LogP) is 4.09. The van der Waals surface area contributed by atoms with Gasteiger partial charge in [0.1, 0.15) is 5.82 Å².